The van der Waals surface area contributed by atoms with E-state index < -0.39 is 0 Å². The van der Waals surface area contributed by atoms with Gasteiger partial charge in [0.1, 0.15) is 0 Å². The minimum atomic E-state index is 0.239. The number of piperidine rings is 1. The van der Waals surface area contributed by atoms with Crippen molar-refractivity contribution in [3.8, 4) is 0 Å². The molecule has 3 heteroatoms. The van der Waals surface area contributed by atoms with Crippen LogP contribution in [0.25, 0.3) is 0 Å². The molecule has 0 radical (unpaired) electrons. The molecule has 1 heterocycles. The minimum Gasteiger partial charge on any atom is -0.395 e. The summed E-state index contributed by atoms with van der Waals surface area (Å²) in [7, 11) is 2.20. The van der Waals surface area contributed by atoms with Gasteiger partial charge in [0.15, 0.2) is 0 Å². The van der Waals surface area contributed by atoms with Gasteiger partial charge < -0.3 is 15.3 Å². The third kappa shape index (κ3) is 3.44. The van der Waals surface area contributed by atoms with Gasteiger partial charge in [0, 0.05) is 24.7 Å². The fourth-order valence-corrected chi connectivity index (χ4v) is 2.50. The van der Waals surface area contributed by atoms with Gasteiger partial charge in [0.25, 0.3) is 0 Å². The van der Waals surface area contributed by atoms with Gasteiger partial charge in [0.05, 0.1) is 6.61 Å². The summed E-state index contributed by atoms with van der Waals surface area (Å²) in [6.07, 6.45) is 1.18. The maximum Gasteiger partial charge on any atom is 0.0587 e. The average molecular weight is 228 g/mol. The second-order valence-electron chi connectivity index (χ2n) is 5.81. The van der Waals surface area contributed by atoms with Gasteiger partial charge in [-0.1, -0.05) is 20.8 Å². The molecule has 3 nitrogen and oxygen atoms in total. The first-order valence-corrected chi connectivity index (χ1v) is 6.52. The number of rotatable bonds is 4. The molecule has 1 aliphatic rings. The van der Waals surface area contributed by atoms with Crippen molar-refractivity contribution in [2.24, 2.45) is 11.8 Å². The molecule has 0 amide bonds. The van der Waals surface area contributed by atoms with Crippen LogP contribution in [0.4, 0.5) is 0 Å². The number of aliphatic hydroxyl groups is 1. The molecule has 0 aliphatic carbocycles. The molecule has 0 spiro atoms. The van der Waals surface area contributed by atoms with E-state index in [1.807, 2.05) is 0 Å². The van der Waals surface area contributed by atoms with Gasteiger partial charge in [-0.15, -0.1) is 0 Å². The SMILES string of the molecule is CC1CN(C)C(C)CC1N[C@H](CO)C(C)C. The van der Waals surface area contributed by atoms with Crippen molar-refractivity contribution in [2.45, 2.75) is 52.2 Å². The Morgan fingerprint density at radius 1 is 1.38 bits per heavy atom. The zero-order chi connectivity index (χ0) is 12.3. The monoisotopic (exact) mass is 228 g/mol. The van der Waals surface area contributed by atoms with Crippen molar-refractivity contribution in [3.63, 3.8) is 0 Å². The first kappa shape index (κ1) is 13.9. The normalized spacial score (nSPS) is 34.3. The summed E-state index contributed by atoms with van der Waals surface area (Å²) < 4.78 is 0. The smallest absolute Gasteiger partial charge is 0.0587 e. The summed E-state index contributed by atoms with van der Waals surface area (Å²) in [5.41, 5.74) is 0. The summed E-state index contributed by atoms with van der Waals surface area (Å²) in [5.74, 6) is 1.15. The Bertz CT molecular complexity index is 208. The van der Waals surface area contributed by atoms with Crippen LogP contribution in [0.5, 0.6) is 0 Å². The van der Waals surface area contributed by atoms with Crippen molar-refractivity contribution < 1.29 is 5.11 Å². The molecule has 16 heavy (non-hydrogen) atoms. The highest BCUT2D eigenvalue weighted by Crippen LogP contribution is 2.21. The quantitative estimate of drug-likeness (QED) is 0.762. The Morgan fingerprint density at radius 3 is 2.50 bits per heavy atom. The fraction of sp³-hybridized carbons (Fsp3) is 1.00. The minimum absolute atomic E-state index is 0.239. The topological polar surface area (TPSA) is 35.5 Å². The summed E-state index contributed by atoms with van der Waals surface area (Å²) in [6.45, 7) is 10.3. The molecule has 0 aromatic rings. The molecule has 0 saturated carbocycles. The van der Waals surface area contributed by atoms with Crippen LogP contribution < -0.4 is 5.32 Å². The molecular weight excluding hydrogens is 200 g/mol. The third-order valence-electron chi connectivity index (χ3n) is 4.04. The Labute approximate surface area is 100 Å². The number of nitrogens with zero attached hydrogens (tertiary/aromatic N) is 1. The zero-order valence-electron chi connectivity index (χ0n) is 11.4. The van der Waals surface area contributed by atoms with Gasteiger partial charge in [-0.25, -0.2) is 0 Å². The maximum absolute atomic E-state index is 9.36. The van der Waals surface area contributed by atoms with Crippen LogP contribution >= 0.6 is 0 Å². The number of hydrogen-bond donors (Lipinski definition) is 2. The van der Waals surface area contributed by atoms with Crippen molar-refractivity contribution in [1.82, 2.24) is 10.2 Å². The maximum atomic E-state index is 9.36. The highest BCUT2D eigenvalue weighted by molar-refractivity contribution is 4.88. The van der Waals surface area contributed by atoms with Crippen molar-refractivity contribution in [3.05, 3.63) is 0 Å². The van der Waals surface area contributed by atoms with Crippen LogP contribution in [0.1, 0.15) is 34.1 Å². The molecule has 3 unspecified atom stereocenters. The Morgan fingerprint density at radius 2 is 2.00 bits per heavy atom. The summed E-state index contributed by atoms with van der Waals surface area (Å²) in [5, 5.41) is 13.0. The lowest BCUT2D eigenvalue weighted by molar-refractivity contribution is 0.0990. The molecule has 0 aromatic carbocycles. The Hall–Kier alpha value is -0.120. The number of nitrogens with one attached hydrogen (secondary N) is 1. The molecule has 1 aliphatic heterocycles. The number of hydrogen-bond acceptors (Lipinski definition) is 3. The van der Waals surface area contributed by atoms with Crippen molar-refractivity contribution >= 4 is 0 Å². The van der Waals surface area contributed by atoms with E-state index >= 15 is 0 Å². The van der Waals surface area contributed by atoms with E-state index in [-0.39, 0.29) is 12.6 Å². The molecule has 0 aromatic heterocycles. The standard InChI is InChI=1S/C13H28N2O/c1-9(2)13(8-16)14-12-6-11(4)15(5)7-10(12)3/h9-14,16H,6-8H2,1-5H3/t10?,11?,12?,13-/m1/s1. The largest absolute Gasteiger partial charge is 0.395 e. The van der Waals surface area contributed by atoms with Gasteiger partial charge in [-0.3, -0.25) is 0 Å². The summed E-state index contributed by atoms with van der Waals surface area (Å²) in [6, 6.07) is 1.43. The molecule has 2 N–H and O–H groups in total. The highest BCUT2D eigenvalue weighted by atomic mass is 16.3. The summed E-state index contributed by atoms with van der Waals surface area (Å²) in [4.78, 5) is 2.42. The van der Waals surface area contributed by atoms with Gasteiger partial charge in [-0.2, -0.15) is 0 Å². The summed E-state index contributed by atoms with van der Waals surface area (Å²) >= 11 is 0. The van der Waals surface area contributed by atoms with Gasteiger partial charge in [0.2, 0.25) is 0 Å². The van der Waals surface area contributed by atoms with Crippen LogP contribution in [0, 0.1) is 11.8 Å². The number of likely N-dealkylation sites (tertiary alicyclic amines) is 1. The predicted octanol–water partition coefficient (Wildman–Crippen LogP) is 1.32. The predicted molar refractivity (Wildman–Crippen MR) is 68.5 cm³/mol. The Balaban J connectivity index is 2.52. The van der Waals surface area contributed by atoms with Crippen molar-refractivity contribution in [1.29, 1.82) is 0 Å². The van der Waals surface area contributed by atoms with E-state index in [1.54, 1.807) is 0 Å². The van der Waals surface area contributed by atoms with Gasteiger partial charge >= 0.3 is 0 Å². The second kappa shape index (κ2) is 5.99. The molecule has 1 fully saturated rings. The molecule has 1 saturated heterocycles. The first-order valence-electron chi connectivity index (χ1n) is 6.52. The van der Waals surface area contributed by atoms with Crippen LogP contribution in [0.3, 0.4) is 0 Å². The van der Waals surface area contributed by atoms with E-state index in [2.05, 4.69) is 45.0 Å². The van der Waals surface area contributed by atoms with E-state index in [9.17, 15) is 5.11 Å². The average Bonchev–Trinajstić information content (AvgIpc) is 2.21. The van der Waals surface area contributed by atoms with Crippen LogP contribution in [0.15, 0.2) is 0 Å². The lowest BCUT2D eigenvalue weighted by Gasteiger charge is -2.42. The van der Waals surface area contributed by atoms with Crippen molar-refractivity contribution in [2.75, 3.05) is 20.2 Å². The van der Waals surface area contributed by atoms with Crippen LogP contribution in [-0.2, 0) is 0 Å². The van der Waals surface area contributed by atoms with E-state index in [1.165, 1.54) is 6.42 Å². The van der Waals surface area contributed by atoms with Crippen LogP contribution in [-0.4, -0.2) is 48.3 Å². The number of aliphatic hydroxyl groups excluding tert-OH is 1. The second-order valence-corrected chi connectivity index (χ2v) is 5.81. The van der Waals surface area contributed by atoms with Crippen LogP contribution in [0.2, 0.25) is 0 Å². The highest BCUT2D eigenvalue weighted by Gasteiger charge is 2.30. The lowest BCUT2D eigenvalue weighted by atomic mass is 9.88. The third-order valence-corrected chi connectivity index (χ3v) is 4.04. The first-order chi connectivity index (χ1) is 7.45. The van der Waals surface area contributed by atoms with E-state index in [0.29, 0.717) is 23.9 Å². The molecule has 1 rings (SSSR count). The van der Waals surface area contributed by atoms with Gasteiger partial charge in [-0.05, 0) is 32.2 Å². The van der Waals surface area contributed by atoms with E-state index in [0.717, 1.165) is 6.54 Å². The lowest BCUT2D eigenvalue weighted by Crippen LogP contribution is -2.55. The molecule has 0 bridgehead atoms. The zero-order valence-corrected chi connectivity index (χ0v) is 11.4. The molecular formula is C13H28N2O. The van der Waals surface area contributed by atoms with E-state index in [4.69, 9.17) is 0 Å². The fourth-order valence-electron chi connectivity index (χ4n) is 2.50. The molecule has 4 atom stereocenters. The molecule has 96 valence electrons. The Kier molecular flexibility index (Phi) is 5.22.